The van der Waals surface area contributed by atoms with Crippen LogP contribution in [-0.2, 0) is 0 Å². The first kappa shape index (κ1) is 21.1. The van der Waals surface area contributed by atoms with Crippen molar-refractivity contribution in [3.05, 3.63) is 144 Å². The van der Waals surface area contributed by atoms with E-state index in [2.05, 4.69) is 133 Å². The van der Waals surface area contributed by atoms with Gasteiger partial charge in [0.05, 0.1) is 0 Å². The summed E-state index contributed by atoms with van der Waals surface area (Å²) >= 11 is 0. The molecule has 0 aromatic heterocycles. The number of benzene rings is 4. The van der Waals surface area contributed by atoms with Crippen molar-refractivity contribution in [3.8, 4) is 11.1 Å². The first-order valence-corrected chi connectivity index (χ1v) is 10.4. The Balaban J connectivity index is 0.000000144. The Hall–Kier alpha value is -3.17. The Morgan fingerprint density at radius 1 is 0.581 bits per heavy atom. The van der Waals surface area contributed by atoms with Gasteiger partial charge >= 0.3 is 18.9 Å². The van der Waals surface area contributed by atoms with Crippen LogP contribution >= 0.6 is 0 Å². The SMILES string of the molecule is C1=CC(c2ccccc2)c2ccccc21.[Li+].c1ccc(-[c-]2ccc3ccccc32)cc1. The summed E-state index contributed by atoms with van der Waals surface area (Å²) in [6.07, 6.45) is 4.49. The van der Waals surface area contributed by atoms with E-state index >= 15 is 0 Å². The molecule has 0 heterocycles. The van der Waals surface area contributed by atoms with Gasteiger partial charge in [-0.2, -0.15) is 0 Å². The minimum Gasteiger partial charge on any atom is -0.129 e. The average molecular weight is 390 g/mol. The van der Waals surface area contributed by atoms with E-state index in [1.54, 1.807) is 0 Å². The van der Waals surface area contributed by atoms with Crippen molar-refractivity contribution >= 4 is 16.8 Å². The third-order valence-corrected chi connectivity index (χ3v) is 5.72. The molecule has 0 saturated heterocycles. The van der Waals surface area contributed by atoms with Crippen molar-refractivity contribution in [2.24, 2.45) is 0 Å². The second-order valence-corrected chi connectivity index (χ2v) is 7.58. The van der Waals surface area contributed by atoms with Gasteiger partial charge in [-0.05, 0) is 16.7 Å². The quantitative estimate of drug-likeness (QED) is 0.291. The van der Waals surface area contributed by atoms with Crippen molar-refractivity contribution in [1.29, 1.82) is 0 Å². The molecule has 0 bridgehead atoms. The maximum atomic E-state index is 2.28. The van der Waals surface area contributed by atoms with Gasteiger partial charge in [0.25, 0.3) is 0 Å². The van der Waals surface area contributed by atoms with Crippen molar-refractivity contribution in [2.45, 2.75) is 5.92 Å². The van der Waals surface area contributed by atoms with Crippen LogP contribution in [0.4, 0.5) is 0 Å². The molecule has 1 heteroatoms. The molecule has 6 rings (SSSR count). The molecule has 1 unspecified atom stereocenters. The molecule has 144 valence electrons. The van der Waals surface area contributed by atoms with Gasteiger partial charge < -0.3 is 0 Å². The summed E-state index contributed by atoms with van der Waals surface area (Å²) in [6, 6.07) is 42.6. The molecule has 0 nitrogen and oxygen atoms in total. The molecule has 5 aromatic rings. The van der Waals surface area contributed by atoms with Crippen molar-refractivity contribution in [2.75, 3.05) is 0 Å². The maximum absolute atomic E-state index is 2.28. The van der Waals surface area contributed by atoms with Crippen molar-refractivity contribution < 1.29 is 18.9 Å². The number of allylic oxidation sites excluding steroid dienone is 1. The van der Waals surface area contributed by atoms with Crippen LogP contribution in [-0.4, -0.2) is 0 Å². The minimum atomic E-state index is 0. The van der Waals surface area contributed by atoms with E-state index in [1.807, 2.05) is 0 Å². The van der Waals surface area contributed by atoms with E-state index in [-0.39, 0.29) is 18.9 Å². The fourth-order valence-electron chi connectivity index (χ4n) is 4.22. The predicted octanol–water partition coefficient (Wildman–Crippen LogP) is 5.08. The van der Waals surface area contributed by atoms with Crippen LogP contribution in [0.25, 0.3) is 28.0 Å². The Morgan fingerprint density at radius 2 is 1.23 bits per heavy atom. The molecule has 5 aromatic carbocycles. The number of hydrogen-bond acceptors (Lipinski definition) is 0. The van der Waals surface area contributed by atoms with E-state index < -0.39 is 0 Å². The first-order chi connectivity index (χ1) is 14.9. The maximum Gasteiger partial charge on any atom is 1.00 e. The van der Waals surface area contributed by atoms with Crippen LogP contribution in [0.3, 0.4) is 0 Å². The predicted molar refractivity (Wildman–Crippen MR) is 129 cm³/mol. The molecule has 0 amide bonds. The van der Waals surface area contributed by atoms with Gasteiger partial charge in [-0.15, -0.1) is 35.9 Å². The fraction of sp³-hybridized carbons (Fsp3) is 0.0333. The largest absolute Gasteiger partial charge is 1.00 e. The summed E-state index contributed by atoms with van der Waals surface area (Å²) in [5.41, 5.74) is 6.76. The van der Waals surface area contributed by atoms with Crippen LogP contribution in [0.1, 0.15) is 22.6 Å². The van der Waals surface area contributed by atoms with E-state index in [1.165, 1.54) is 38.6 Å². The Morgan fingerprint density at radius 3 is 2.03 bits per heavy atom. The average Bonchev–Trinajstić information content (AvgIpc) is 3.45. The number of rotatable bonds is 2. The molecule has 1 aliphatic carbocycles. The molecule has 0 saturated carbocycles. The summed E-state index contributed by atoms with van der Waals surface area (Å²) < 4.78 is 0. The normalized spacial score (nSPS) is 13.7. The standard InChI is InChI=1S/C15H12.C15H11.Li/c2*1-2-6-12(7-3-1)15-11-10-13-8-4-5-9-14(13)15;/h1-11,15H;1-11H;/q;-1;+1. The third-order valence-electron chi connectivity index (χ3n) is 5.72. The smallest absolute Gasteiger partial charge is 0.129 e. The van der Waals surface area contributed by atoms with Gasteiger partial charge in [-0.1, -0.05) is 119 Å². The molecular formula is C30H23Li. The summed E-state index contributed by atoms with van der Waals surface area (Å²) in [6.45, 7) is 0. The molecule has 0 radical (unpaired) electrons. The molecular weight excluding hydrogens is 367 g/mol. The van der Waals surface area contributed by atoms with Crippen LogP contribution in [0.2, 0.25) is 0 Å². The second-order valence-electron chi connectivity index (χ2n) is 7.58. The van der Waals surface area contributed by atoms with Crippen molar-refractivity contribution in [1.82, 2.24) is 0 Å². The van der Waals surface area contributed by atoms with Gasteiger partial charge in [0.15, 0.2) is 0 Å². The van der Waals surface area contributed by atoms with E-state index in [9.17, 15) is 0 Å². The van der Waals surface area contributed by atoms with Crippen LogP contribution in [0.15, 0.2) is 127 Å². The molecule has 31 heavy (non-hydrogen) atoms. The van der Waals surface area contributed by atoms with Crippen LogP contribution < -0.4 is 18.9 Å². The van der Waals surface area contributed by atoms with Gasteiger partial charge in [-0.3, -0.25) is 0 Å². The summed E-state index contributed by atoms with van der Waals surface area (Å²) in [5.74, 6) is 0.447. The molecule has 0 fully saturated rings. The fourth-order valence-corrected chi connectivity index (χ4v) is 4.22. The van der Waals surface area contributed by atoms with Gasteiger partial charge in [-0.25, -0.2) is 0 Å². The molecule has 1 atom stereocenters. The minimum absolute atomic E-state index is 0. The summed E-state index contributed by atoms with van der Waals surface area (Å²) in [4.78, 5) is 0. The Kier molecular flexibility index (Phi) is 6.63. The topological polar surface area (TPSA) is 0 Å². The van der Waals surface area contributed by atoms with Gasteiger partial charge in [0.1, 0.15) is 0 Å². The molecule has 1 aliphatic rings. The molecule has 0 spiro atoms. The third kappa shape index (κ3) is 4.47. The monoisotopic (exact) mass is 390 g/mol. The number of fused-ring (bicyclic) bond motifs is 2. The second kappa shape index (κ2) is 9.76. The Labute approximate surface area is 196 Å². The van der Waals surface area contributed by atoms with Crippen LogP contribution in [0, 0.1) is 0 Å². The zero-order valence-corrected chi connectivity index (χ0v) is 17.8. The van der Waals surface area contributed by atoms with E-state index in [0.717, 1.165) is 0 Å². The Bertz CT molecular complexity index is 1280. The van der Waals surface area contributed by atoms with Gasteiger partial charge in [0.2, 0.25) is 0 Å². The number of hydrogen-bond donors (Lipinski definition) is 0. The molecule has 0 aliphatic heterocycles. The van der Waals surface area contributed by atoms with Crippen LogP contribution in [0.5, 0.6) is 0 Å². The van der Waals surface area contributed by atoms with Gasteiger partial charge in [0, 0.05) is 5.92 Å². The summed E-state index contributed by atoms with van der Waals surface area (Å²) in [5, 5.41) is 2.65. The zero-order valence-electron chi connectivity index (χ0n) is 17.8. The first-order valence-electron chi connectivity index (χ1n) is 10.4. The van der Waals surface area contributed by atoms with E-state index in [0.29, 0.717) is 5.92 Å². The van der Waals surface area contributed by atoms with Crippen molar-refractivity contribution in [3.63, 3.8) is 0 Å². The molecule has 0 N–H and O–H groups in total. The zero-order chi connectivity index (χ0) is 20.2. The summed E-state index contributed by atoms with van der Waals surface area (Å²) in [7, 11) is 0. The van der Waals surface area contributed by atoms with E-state index in [4.69, 9.17) is 0 Å².